The van der Waals surface area contributed by atoms with Crippen LogP contribution in [0.1, 0.15) is 36.2 Å². The quantitative estimate of drug-likeness (QED) is 0.784. The molecule has 0 aliphatic carbocycles. The van der Waals surface area contributed by atoms with Gasteiger partial charge in [0.2, 0.25) is 5.43 Å². The lowest BCUT2D eigenvalue weighted by atomic mass is 10.1. The Labute approximate surface area is 148 Å². The summed E-state index contributed by atoms with van der Waals surface area (Å²) >= 11 is 0. The maximum Gasteiger partial charge on any atom is 0.343 e. The summed E-state index contributed by atoms with van der Waals surface area (Å²) in [4.78, 5) is 27.4. The number of nitrogens with zero attached hydrogens (tertiary/aromatic N) is 2. The molecule has 0 saturated carbocycles. The first-order valence-corrected chi connectivity index (χ1v) is 9.06. The van der Waals surface area contributed by atoms with Crippen LogP contribution in [-0.4, -0.2) is 41.7 Å². The number of aryl methyl sites for hydroxylation is 1. The molecule has 0 bridgehead atoms. The molecule has 0 radical (unpaired) electrons. The molecule has 5 heteroatoms. The molecule has 1 saturated heterocycles. The Hall–Kier alpha value is -2.14. The molecule has 0 amide bonds. The van der Waals surface area contributed by atoms with Crippen LogP contribution in [0, 0.1) is 12.8 Å². The van der Waals surface area contributed by atoms with Crippen molar-refractivity contribution < 1.29 is 9.53 Å². The van der Waals surface area contributed by atoms with Crippen molar-refractivity contribution in [2.24, 2.45) is 5.92 Å². The molecule has 3 rings (SSSR count). The highest BCUT2D eigenvalue weighted by Crippen LogP contribution is 2.21. The zero-order valence-corrected chi connectivity index (χ0v) is 15.2. The number of esters is 1. The molecule has 1 fully saturated rings. The molecule has 0 spiro atoms. The first kappa shape index (κ1) is 17.7. The molecule has 5 nitrogen and oxygen atoms in total. The van der Waals surface area contributed by atoms with Crippen molar-refractivity contribution in [1.29, 1.82) is 0 Å². The number of benzene rings is 1. The first-order valence-electron chi connectivity index (χ1n) is 9.06. The maximum atomic E-state index is 12.8. The molecule has 2 aromatic rings. The van der Waals surface area contributed by atoms with Crippen LogP contribution in [0.4, 0.5) is 0 Å². The van der Waals surface area contributed by atoms with Gasteiger partial charge in [-0.15, -0.1) is 0 Å². The van der Waals surface area contributed by atoms with Crippen LogP contribution in [0.3, 0.4) is 0 Å². The minimum Gasteiger partial charge on any atom is -0.462 e. The number of ether oxygens (including phenoxy) is 1. The van der Waals surface area contributed by atoms with E-state index in [0.29, 0.717) is 11.3 Å². The van der Waals surface area contributed by atoms with E-state index in [9.17, 15) is 9.59 Å². The first-order chi connectivity index (χ1) is 12.0. The van der Waals surface area contributed by atoms with Crippen molar-refractivity contribution >= 4 is 16.9 Å². The highest BCUT2D eigenvalue weighted by molar-refractivity contribution is 5.93. The largest absolute Gasteiger partial charge is 0.462 e. The summed E-state index contributed by atoms with van der Waals surface area (Å²) in [5.74, 6) is -0.00624. The van der Waals surface area contributed by atoms with E-state index in [2.05, 4.69) is 16.4 Å². The van der Waals surface area contributed by atoms with E-state index >= 15 is 0 Å². The molecule has 134 valence electrons. The topological polar surface area (TPSA) is 51.5 Å². The molecule has 1 aromatic carbocycles. The predicted molar refractivity (Wildman–Crippen MR) is 99.1 cm³/mol. The molecule has 1 atom stereocenters. The van der Waals surface area contributed by atoms with E-state index in [1.807, 2.05) is 25.1 Å². The van der Waals surface area contributed by atoms with Crippen LogP contribution in [0.5, 0.6) is 0 Å². The molecule has 2 heterocycles. The molecule has 0 unspecified atom stereocenters. The highest BCUT2D eigenvalue weighted by atomic mass is 16.5. The molecule has 1 aliphatic rings. The fourth-order valence-corrected chi connectivity index (χ4v) is 3.64. The van der Waals surface area contributed by atoms with Gasteiger partial charge < -0.3 is 14.2 Å². The average molecular weight is 342 g/mol. The minimum absolute atomic E-state index is 0.130. The van der Waals surface area contributed by atoms with E-state index < -0.39 is 5.97 Å². The van der Waals surface area contributed by atoms with Crippen molar-refractivity contribution in [3.8, 4) is 0 Å². The SMILES string of the molecule is CCOC(=O)c1cn(C[C@H]2CCN(CC)C2)c2ccc(C)cc2c1=O. The lowest BCUT2D eigenvalue weighted by molar-refractivity contribution is 0.0524. The van der Waals surface area contributed by atoms with Crippen molar-refractivity contribution in [2.45, 2.75) is 33.7 Å². The number of fused-ring (bicyclic) bond motifs is 1. The van der Waals surface area contributed by atoms with Crippen LogP contribution < -0.4 is 5.43 Å². The van der Waals surface area contributed by atoms with Gasteiger partial charge in [0, 0.05) is 24.7 Å². The molecular formula is C20H26N2O3. The fraction of sp³-hybridized carbons (Fsp3) is 0.500. The van der Waals surface area contributed by atoms with Gasteiger partial charge in [-0.05, 0) is 51.4 Å². The van der Waals surface area contributed by atoms with Crippen LogP contribution in [0.25, 0.3) is 10.9 Å². The Morgan fingerprint density at radius 2 is 2.12 bits per heavy atom. The standard InChI is InChI=1S/C20H26N2O3/c1-4-21-9-8-15(11-21)12-22-13-17(20(24)25-5-2)19(23)16-10-14(3)6-7-18(16)22/h6-7,10,13,15H,4-5,8-9,11-12H2,1-3H3/t15-/m0/s1. The van der Waals surface area contributed by atoms with Gasteiger partial charge in [0.05, 0.1) is 12.1 Å². The second-order valence-electron chi connectivity index (χ2n) is 6.81. The number of aromatic nitrogens is 1. The van der Waals surface area contributed by atoms with Crippen LogP contribution >= 0.6 is 0 Å². The summed E-state index contributed by atoms with van der Waals surface area (Å²) in [5, 5.41) is 0.593. The van der Waals surface area contributed by atoms with Gasteiger partial charge >= 0.3 is 5.97 Å². The Kier molecular flexibility index (Phi) is 5.23. The van der Waals surface area contributed by atoms with Gasteiger partial charge in [0.15, 0.2) is 0 Å². The summed E-state index contributed by atoms with van der Waals surface area (Å²) in [6.07, 6.45) is 2.83. The summed E-state index contributed by atoms with van der Waals surface area (Å²) < 4.78 is 7.15. The fourth-order valence-electron chi connectivity index (χ4n) is 3.64. The smallest absolute Gasteiger partial charge is 0.343 e. The molecule has 1 aromatic heterocycles. The third-order valence-electron chi connectivity index (χ3n) is 5.00. The third kappa shape index (κ3) is 3.61. The van der Waals surface area contributed by atoms with Crippen LogP contribution in [0.2, 0.25) is 0 Å². The number of carbonyl (C=O) groups is 1. The lowest BCUT2D eigenvalue weighted by Crippen LogP contribution is -2.24. The zero-order valence-electron chi connectivity index (χ0n) is 15.2. The average Bonchev–Trinajstić information content (AvgIpc) is 3.05. The summed E-state index contributed by atoms with van der Waals surface area (Å²) in [6.45, 7) is 10.2. The van der Waals surface area contributed by atoms with Gasteiger partial charge in [0.1, 0.15) is 5.56 Å². The van der Waals surface area contributed by atoms with Crippen molar-refractivity contribution in [2.75, 3.05) is 26.2 Å². The number of pyridine rings is 1. The number of carbonyl (C=O) groups excluding carboxylic acids is 1. The highest BCUT2D eigenvalue weighted by Gasteiger charge is 2.23. The van der Waals surface area contributed by atoms with E-state index in [4.69, 9.17) is 4.74 Å². The van der Waals surface area contributed by atoms with Crippen molar-refractivity contribution in [3.05, 3.63) is 45.7 Å². The van der Waals surface area contributed by atoms with E-state index in [-0.39, 0.29) is 17.6 Å². The Morgan fingerprint density at radius 3 is 2.80 bits per heavy atom. The van der Waals surface area contributed by atoms with Gasteiger partial charge in [-0.25, -0.2) is 4.79 Å². The molecular weight excluding hydrogens is 316 g/mol. The van der Waals surface area contributed by atoms with Crippen LogP contribution in [0.15, 0.2) is 29.2 Å². The van der Waals surface area contributed by atoms with E-state index in [1.54, 1.807) is 13.1 Å². The van der Waals surface area contributed by atoms with Crippen molar-refractivity contribution in [1.82, 2.24) is 9.47 Å². The number of likely N-dealkylation sites (tertiary alicyclic amines) is 1. The maximum absolute atomic E-state index is 12.8. The predicted octanol–water partition coefficient (Wildman–Crippen LogP) is 2.83. The Bertz CT molecular complexity index is 841. The zero-order chi connectivity index (χ0) is 18.0. The number of rotatable bonds is 5. The summed E-state index contributed by atoms with van der Waals surface area (Å²) in [6, 6.07) is 5.85. The number of hydrogen-bond acceptors (Lipinski definition) is 4. The van der Waals surface area contributed by atoms with Crippen molar-refractivity contribution in [3.63, 3.8) is 0 Å². The second kappa shape index (κ2) is 7.40. The monoisotopic (exact) mass is 342 g/mol. The lowest BCUT2D eigenvalue weighted by Gasteiger charge is -2.18. The van der Waals surface area contributed by atoms with Gasteiger partial charge in [-0.1, -0.05) is 18.6 Å². The Balaban J connectivity index is 2.05. The van der Waals surface area contributed by atoms with E-state index in [1.165, 1.54) is 0 Å². The normalized spacial score (nSPS) is 18.0. The second-order valence-corrected chi connectivity index (χ2v) is 6.81. The van der Waals surface area contributed by atoms with Gasteiger partial charge in [0.25, 0.3) is 0 Å². The summed E-state index contributed by atoms with van der Waals surface area (Å²) in [7, 11) is 0. The van der Waals surface area contributed by atoms with E-state index in [0.717, 1.165) is 43.7 Å². The third-order valence-corrected chi connectivity index (χ3v) is 5.00. The number of hydrogen-bond donors (Lipinski definition) is 0. The van der Waals surface area contributed by atoms with Crippen LogP contribution in [-0.2, 0) is 11.3 Å². The molecule has 25 heavy (non-hydrogen) atoms. The Morgan fingerprint density at radius 1 is 1.32 bits per heavy atom. The summed E-state index contributed by atoms with van der Waals surface area (Å²) in [5.41, 5.74) is 1.79. The molecule has 1 aliphatic heterocycles. The molecule has 0 N–H and O–H groups in total. The van der Waals surface area contributed by atoms with Gasteiger partial charge in [-0.3, -0.25) is 4.79 Å². The minimum atomic E-state index is -0.536. The van der Waals surface area contributed by atoms with Gasteiger partial charge in [-0.2, -0.15) is 0 Å².